The SMILES string of the molecule is Cn1cnnc1SCc1sccc1C=CC(=O)O. The number of carboxylic acids is 1. The molecular weight excluding hydrogens is 270 g/mol. The molecule has 2 aromatic heterocycles. The van der Waals surface area contributed by atoms with Crippen LogP contribution in [0.25, 0.3) is 6.08 Å². The van der Waals surface area contributed by atoms with Gasteiger partial charge < -0.3 is 9.67 Å². The first-order valence-electron chi connectivity index (χ1n) is 5.11. The number of nitrogens with zero attached hydrogens (tertiary/aromatic N) is 3. The summed E-state index contributed by atoms with van der Waals surface area (Å²) in [5.41, 5.74) is 0.942. The smallest absolute Gasteiger partial charge is 0.328 e. The predicted octanol–water partition coefficient (Wildman–Crippen LogP) is 2.27. The minimum absolute atomic E-state index is 0.753. The van der Waals surface area contributed by atoms with Crippen LogP contribution in [-0.4, -0.2) is 25.8 Å². The molecule has 0 aliphatic heterocycles. The first-order chi connectivity index (χ1) is 8.66. The van der Waals surface area contributed by atoms with Crippen LogP contribution in [0.4, 0.5) is 0 Å². The van der Waals surface area contributed by atoms with Gasteiger partial charge in [0, 0.05) is 23.8 Å². The molecular formula is C11H11N3O2S2. The number of aliphatic carboxylic acids is 1. The van der Waals surface area contributed by atoms with Gasteiger partial charge in [-0.2, -0.15) is 0 Å². The average molecular weight is 281 g/mol. The van der Waals surface area contributed by atoms with Crippen molar-refractivity contribution in [3.8, 4) is 0 Å². The summed E-state index contributed by atoms with van der Waals surface area (Å²) < 4.78 is 1.85. The van der Waals surface area contributed by atoms with E-state index in [1.54, 1.807) is 35.5 Å². The van der Waals surface area contributed by atoms with Crippen molar-refractivity contribution in [3.63, 3.8) is 0 Å². The Morgan fingerprint density at radius 3 is 3.17 bits per heavy atom. The van der Waals surface area contributed by atoms with Crippen molar-refractivity contribution < 1.29 is 9.90 Å². The number of thiophene rings is 1. The largest absolute Gasteiger partial charge is 0.478 e. The number of thioether (sulfide) groups is 1. The molecule has 0 saturated carbocycles. The van der Waals surface area contributed by atoms with Gasteiger partial charge in [-0.05, 0) is 23.1 Å². The van der Waals surface area contributed by atoms with Gasteiger partial charge in [0.15, 0.2) is 5.16 Å². The number of hydrogen-bond donors (Lipinski definition) is 1. The van der Waals surface area contributed by atoms with E-state index in [-0.39, 0.29) is 0 Å². The zero-order valence-electron chi connectivity index (χ0n) is 9.61. The van der Waals surface area contributed by atoms with E-state index in [4.69, 9.17) is 5.11 Å². The zero-order valence-corrected chi connectivity index (χ0v) is 11.2. The third kappa shape index (κ3) is 3.21. The Morgan fingerprint density at radius 1 is 1.67 bits per heavy atom. The lowest BCUT2D eigenvalue weighted by atomic mass is 10.2. The predicted molar refractivity (Wildman–Crippen MR) is 71.6 cm³/mol. The topological polar surface area (TPSA) is 68.0 Å². The van der Waals surface area contributed by atoms with E-state index in [1.165, 1.54) is 0 Å². The maximum Gasteiger partial charge on any atom is 0.328 e. The molecule has 7 heteroatoms. The van der Waals surface area contributed by atoms with Crippen molar-refractivity contribution in [2.45, 2.75) is 10.9 Å². The van der Waals surface area contributed by atoms with Crippen molar-refractivity contribution >= 4 is 35.1 Å². The van der Waals surface area contributed by atoms with Crippen LogP contribution in [0, 0.1) is 0 Å². The molecule has 0 fully saturated rings. The fourth-order valence-electron chi connectivity index (χ4n) is 1.31. The normalized spacial score (nSPS) is 11.2. The third-order valence-corrected chi connectivity index (χ3v) is 4.37. The Balaban J connectivity index is 2.04. The standard InChI is InChI=1S/C11H11N3O2S2/c1-14-7-12-13-11(14)18-6-9-8(4-5-17-9)2-3-10(15)16/h2-5,7H,6H2,1H3,(H,15,16). The zero-order chi connectivity index (χ0) is 13.0. The number of aryl methyl sites for hydroxylation is 1. The highest BCUT2D eigenvalue weighted by Gasteiger charge is 2.06. The molecule has 0 saturated heterocycles. The number of aromatic nitrogens is 3. The summed E-state index contributed by atoms with van der Waals surface area (Å²) in [5.74, 6) is -0.183. The van der Waals surface area contributed by atoms with E-state index in [9.17, 15) is 4.79 Å². The molecule has 0 aliphatic rings. The van der Waals surface area contributed by atoms with Crippen molar-refractivity contribution in [3.05, 3.63) is 34.3 Å². The number of carbonyl (C=O) groups is 1. The van der Waals surface area contributed by atoms with Crippen LogP contribution < -0.4 is 0 Å². The van der Waals surface area contributed by atoms with Gasteiger partial charge in [-0.3, -0.25) is 0 Å². The maximum atomic E-state index is 10.5. The summed E-state index contributed by atoms with van der Waals surface area (Å²) in [6.45, 7) is 0. The van der Waals surface area contributed by atoms with Crippen molar-refractivity contribution in [2.24, 2.45) is 7.05 Å². The molecule has 94 valence electrons. The third-order valence-electron chi connectivity index (χ3n) is 2.19. The summed E-state index contributed by atoms with van der Waals surface area (Å²) >= 11 is 3.18. The first kappa shape index (κ1) is 12.8. The van der Waals surface area contributed by atoms with E-state index < -0.39 is 5.97 Å². The molecule has 0 unspecified atom stereocenters. The molecule has 2 aromatic rings. The lowest BCUT2D eigenvalue weighted by Crippen LogP contribution is -1.90. The van der Waals surface area contributed by atoms with E-state index in [2.05, 4.69) is 10.2 Å². The van der Waals surface area contributed by atoms with Gasteiger partial charge >= 0.3 is 5.97 Å². The first-order valence-corrected chi connectivity index (χ1v) is 6.97. The number of carboxylic acid groups (broad SMARTS) is 1. The highest BCUT2D eigenvalue weighted by molar-refractivity contribution is 7.98. The van der Waals surface area contributed by atoms with Gasteiger partial charge in [-0.15, -0.1) is 21.5 Å². The van der Waals surface area contributed by atoms with Crippen LogP contribution in [0.5, 0.6) is 0 Å². The second-order valence-electron chi connectivity index (χ2n) is 3.48. The molecule has 18 heavy (non-hydrogen) atoms. The van der Waals surface area contributed by atoms with Crippen LogP contribution in [0.2, 0.25) is 0 Å². The monoisotopic (exact) mass is 281 g/mol. The molecule has 0 aliphatic carbocycles. The van der Waals surface area contributed by atoms with Gasteiger partial charge in [0.1, 0.15) is 6.33 Å². The highest BCUT2D eigenvalue weighted by atomic mass is 32.2. The summed E-state index contributed by atoms with van der Waals surface area (Å²) in [6, 6.07) is 1.91. The molecule has 0 amide bonds. The Labute approximate surface area is 112 Å². The summed E-state index contributed by atoms with van der Waals surface area (Å²) in [4.78, 5) is 11.6. The van der Waals surface area contributed by atoms with Crippen LogP contribution in [0.15, 0.2) is 29.0 Å². The molecule has 0 radical (unpaired) electrons. The van der Waals surface area contributed by atoms with E-state index in [0.717, 1.165) is 27.4 Å². The lowest BCUT2D eigenvalue weighted by molar-refractivity contribution is -0.131. The van der Waals surface area contributed by atoms with Gasteiger partial charge in [0.05, 0.1) is 0 Å². The molecule has 0 bridgehead atoms. The second kappa shape index (κ2) is 5.83. The molecule has 1 N–H and O–H groups in total. The molecule has 5 nitrogen and oxygen atoms in total. The van der Waals surface area contributed by atoms with Crippen molar-refractivity contribution in [1.29, 1.82) is 0 Å². The second-order valence-corrected chi connectivity index (χ2v) is 5.43. The van der Waals surface area contributed by atoms with Crippen molar-refractivity contribution in [1.82, 2.24) is 14.8 Å². The summed E-state index contributed by atoms with van der Waals surface area (Å²) in [6.07, 6.45) is 4.42. The van der Waals surface area contributed by atoms with Crippen LogP contribution in [0.3, 0.4) is 0 Å². The fraction of sp³-hybridized carbons (Fsp3) is 0.182. The number of hydrogen-bond acceptors (Lipinski definition) is 5. The van der Waals surface area contributed by atoms with Crippen LogP contribution in [-0.2, 0) is 17.6 Å². The Hall–Kier alpha value is -1.60. The minimum atomic E-state index is -0.937. The molecule has 0 aromatic carbocycles. The molecule has 2 rings (SSSR count). The minimum Gasteiger partial charge on any atom is -0.478 e. The van der Waals surface area contributed by atoms with Crippen LogP contribution >= 0.6 is 23.1 Å². The van der Waals surface area contributed by atoms with E-state index in [0.29, 0.717) is 0 Å². The number of rotatable bonds is 5. The Morgan fingerprint density at radius 2 is 2.50 bits per heavy atom. The van der Waals surface area contributed by atoms with Gasteiger partial charge in [0.25, 0.3) is 0 Å². The Bertz CT molecular complexity index is 574. The van der Waals surface area contributed by atoms with Gasteiger partial charge in [-0.25, -0.2) is 4.79 Å². The highest BCUT2D eigenvalue weighted by Crippen LogP contribution is 2.27. The summed E-state index contributed by atoms with van der Waals surface area (Å²) in [7, 11) is 1.89. The maximum absolute atomic E-state index is 10.5. The van der Waals surface area contributed by atoms with Crippen molar-refractivity contribution in [2.75, 3.05) is 0 Å². The summed E-state index contributed by atoms with van der Waals surface area (Å²) in [5, 5.41) is 19.2. The van der Waals surface area contributed by atoms with Gasteiger partial charge in [-0.1, -0.05) is 11.8 Å². The quantitative estimate of drug-likeness (QED) is 0.672. The van der Waals surface area contributed by atoms with Crippen LogP contribution in [0.1, 0.15) is 10.4 Å². The molecule has 2 heterocycles. The van der Waals surface area contributed by atoms with E-state index in [1.807, 2.05) is 23.1 Å². The fourth-order valence-corrected chi connectivity index (χ4v) is 3.19. The Kier molecular flexibility index (Phi) is 4.16. The van der Waals surface area contributed by atoms with Gasteiger partial charge in [0.2, 0.25) is 0 Å². The average Bonchev–Trinajstić information content (AvgIpc) is 2.92. The molecule has 0 atom stereocenters. The molecule has 0 spiro atoms. The lowest BCUT2D eigenvalue weighted by Gasteiger charge is -2.00. The van der Waals surface area contributed by atoms with E-state index >= 15 is 0 Å².